The van der Waals surface area contributed by atoms with Crippen LogP contribution in [0.4, 0.5) is 10.1 Å². The first-order valence-corrected chi connectivity index (χ1v) is 6.25. The van der Waals surface area contributed by atoms with E-state index < -0.39 is 23.8 Å². The molecule has 1 aliphatic heterocycles. The summed E-state index contributed by atoms with van der Waals surface area (Å²) in [5, 5.41) is 5.25. The Bertz CT molecular complexity index is 601. The van der Waals surface area contributed by atoms with Crippen LogP contribution in [0.15, 0.2) is 30.0 Å². The van der Waals surface area contributed by atoms with Crippen LogP contribution in [0.5, 0.6) is 0 Å². The lowest BCUT2D eigenvalue weighted by Gasteiger charge is -2.14. The van der Waals surface area contributed by atoms with Gasteiger partial charge < -0.3 is 20.1 Å². The standard InChI is InChI=1S/C14H15FN2O4/c1-16-13(18)9-4-3-8(7-10(9)15)17-11-5-6-21-12(11)14(19)20-2/h3-5,7,12,17H,6H2,1-2H3,(H,16,18)/t12-/m1/s1. The SMILES string of the molecule is CNC(=O)c1ccc(NC2=CCO[C@H]2C(=O)OC)cc1F. The van der Waals surface area contributed by atoms with Crippen LogP contribution in [0.25, 0.3) is 0 Å². The minimum atomic E-state index is -0.850. The van der Waals surface area contributed by atoms with Gasteiger partial charge in [0.05, 0.1) is 25.0 Å². The van der Waals surface area contributed by atoms with Crippen LogP contribution in [-0.4, -0.2) is 38.7 Å². The summed E-state index contributed by atoms with van der Waals surface area (Å²) in [5.74, 6) is -1.70. The number of carbonyl (C=O) groups is 2. The summed E-state index contributed by atoms with van der Waals surface area (Å²) in [4.78, 5) is 22.9. The molecule has 0 aliphatic carbocycles. The van der Waals surface area contributed by atoms with Gasteiger partial charge in [-0.2, -0.15) is 0 Å². The molecule has 0 fully saturated rings. The lowest BCUT2D eigenvalue weighted by Crippen LogP contribution is -2.27. The highest BCUT2D eigenvalue weighted by Crippen LogP contribution is 2.21. The van der Waals surface area contributed by atoms with Gasteiger partial charge in [0.2, 0.25) is 0 Å². The first-order valence-electron chi connectivity index (χ1n) is 6.25. The fourth-order valence-electron chi connectivity index (χ4n) is 1.93. The molecule has 0 bridgehead atoms. The average molecular weight is 294 g/mol. The van der Waals surface area contributed by atoms with Gasteiger partial charge in [-0.15, -0.1) is 0 Å². The third-order valence-corrected chi connectivity index (χ3v) is 2.99. The normalized spacial score (nSPS) is 17.1. The molecule has 7 heteroatoms. The predicted octanol–water partition coefficient (Wildman–Crippen LogP) is 1.05. The second kappa shape index (κ2) is 6.36. The Balaban J connectivity index is 2.15. The summed E-state index contributed by atoms with van der Waals surface area (Å²) in [5.41, 5.74) is 0.837. The van der Waals surface area contributed by atoms with Crippen LogP contribution in [0, 0.1) is 5.82 Å². The van der Waals surface area contributed by atoms with Crippen molar-refractivity contribution in [3.8, 4) is 0 Å². The zero-order chi connectivity index (χ0) is 15.4. The van der Waals surface area contributed by atoms with Gasteiger partial charge in [-0.3, -0.25) is 4.79 Å². The predicted molar refractivity (Wildman–Crippen MR) is 73.3 cm³/mol. The number of rotatable bonds is 4. The third-order valence-electron chi connectivity index (χ3n) is 2.99. The second-order valence-electron chi connectivity index (χ2n) is 4.29. The molecule has 0 aromatic heterocycles. The van der Waals surface area contributed by atoms with E-state index in [0.717, 1.165) is 0 Å². The summed E-state index contributed by atoms with van der Waals surface area (Å²) in [6.45, 7) is 0.265. The minimum Gasteiger partial charge on any atom is -0.467 e. The first-order chi connectivity index (χ1) is 10.1. The number of nitrogens with one attached hydrogen (secondary N) is 2. The quantitative estimate of drug-likeness (QED) is 0.812. The third kappa shape index (κ3) is 3.19. The van der Waals surface area contributed by atoms with Crippen molar-refractivity contribution in [3.63, 3.8) is 0 Å². The van der Waals surface area contributed by atoms with Gasteiger partial charge >= 0.3 is 5.97 Å². The molecule has 2 rings (SSSR count). The molecular formula is C14H15FN2O4. The summed E-state index contributed by atoms with van der Waals surface area (Å²) >= 11 is 0. The lowest BCUT2D eigenvalue weighted by atomic mass is 10.1. The van der Waals surface area contributed by atoms with Gasteiger partial charge in [0.15, 0.2) is 6.10 Å². The van der Waals surface area contributed by atoms with Crippen molar-refractivity contribution < 1.29 is 23.5 Å². The Morgan fingerprint density at radius 3 is 2.81 bits per heavy atom. The fourth-order valence-corrected chi connectivity index (χ4v) is 1.93. The minimum absolute atomic E-state index is 0.0516. The average Bonchev–Trinajstić information content (AvgIpc) is 2.94. The summed E-state index contributed by atoms with van der Waals surface area (Å²) in [6.07, 6.45) is 0.822. The summed E-state index contributed by atoms with van der Waals surface area (Å²) in [6, 6.07) is 4.08. The van der Waals surface area contributed by atoms with E-state index in [9.17, 15) is 14.0 Å². The van der Waals surface area contributed by atoms with Crippen molar-refractivity contribution in [2.75, 3.05) is 26.1 Å². The van der Waals surface area contributed by atoms with Crippen LogP contribution >= 0.6 is 0 Å². The van der Waals surface area contributed by atoms with Gasteiger partial charge in [-0.1, -0.05) is 0 Å². The topological polar surface area (TPSA) is 76.7 Å². The van der Waals surface area contributed by atoms with Crippen LogP contribution in [0.2, 0.25) is 0 Å². The molecule has 21 heavy (non-hydrogen) atoms. The Kier molecular flexibility index (Phi) is 4.54. The lowest BCUT2D eigenvalue weighted by molar-refractivity contribution is -0.149. The molecule has 0 unspecified atom stereocenters. The molecular weight excluding hydrogens is 279 g/mol. The van der Waals surface area contributed by atoms with E-state index in [4.69, 9.17) is 4.74 Å². The van der Waals surface area contributed by atoms with E-state index in [0.29, 0.717) is 11.4 Å². The number of esters is 1. The van der Waals surface area contributed by atoms with Crippen molar-refractivity contribution in [1.82, 2.24) is 5.32 Å². The molecule has 1 heterocycles. The monoisotopic (exact) mass is 294 g/mol. The number of halogens is 1. The van der Waals surface area contributed by atoms with Crippen LogP contribution in [-0.2, 0) is 14.3 Å². The van der Waals surface area contributed by atoms with Gasteiger partial charge in [0.1, 0.15) is 5.82 Å². The van der Waals surface area contributed by atoms with E-state index in [2.05, 4.69) is 15.4 Å². The van der Waals surface area contributed by atoms with Crippen molar-refractivity contribution in [3.05, 3.63) is 41.4 Å². The number of hydrogen-bond donors (Lipinski definition) is 2. The maximum Gasteiger partial charge on any atom is 0.341 e. The molecule has 6 nitrogen and oxygen atoms in total. The summed E-state index contributed by atoms with van der Waals surface area (Å²) in [7, 11) is 2.69. The van der Waals surface area contributed by atoms with E-state index in [1.165, 1.54) is 26.3 Å². The molecule has 1 amide bonds. The van der Waals surface area contributed by atoms with Gasteiger partial charge in [0, 0.05) is 12.7 Å². The van der Waals surface area contributed by atoms with Crippen LogP contribution < -0.4 is 10.6 Å². The number of anilines is 1. The molecule has 0 spiro atoms. The van der Waals surface area contributed by atoms with Crippen molar-refractivity contribution >= 4 is 17.6 Å². The molecule has 1 aromatic rings. The van der Waals surface area contributed by atoms with Gasteiger partial charge in [-0.25, -0.2) is 9.18 Å². The molecule has 2 N–H and O–H groups in total. The zero-order valence-electron chi connectivity index (χ0n) is 11.6. The Hall–Kier alpha value is -2.41. The molecule has 112 valence electrons. The number of ether oxygens (including phenoxy) is 2. The molecule has 0 saturated heterocycles. The van der Waals surface area contributed by atoms with Gasteiger partial charge in [-0.05, 0) is 24.3 Å². The number of methoxy groups -OCH3 is 1. The molecule has 1 aromatic carbocycles. The number of carbonyl (C=O) groups excluding carboxylic acids is 2. The van der Waals surface area contributed by atoms with E-state index in [-0.39, 0.29) is 12.2 Å². The van der Waals surface area contributed by atoms with Crippen molar-refractivity contribution in [1.29, 1.82) is 0 Å². The highest BCUT2D eigenvalue weighted by molar-refractivity contribution is 5.94. The van der Waals surface area contributed by atoms with Crippen molar-refractivity contribution in [2.45, 2.75) is 6.10 Å². The smallest absolute Gasteiger partial charge is 0.341 e. The molecule has 0 saturated carbocycles. The number of amides is 1. The van der Waals surface area contributed by atoms with E-state index in [1.54, 1.807) is 12.1 Å². The number of benzene rings is 1. The largest absolute Gasteiger partial charge is 0.467 e. The highest BCUT2D eigenvalue weighted by atomic mass is 19.1. The highest BCUT2D eigenvalue weighted by Gasteiger charge is 2.28. The second-order valence-corrected chi connectivity index (χ2v) is 4.29. The fraction of sp³-hybridized carbons (Fsp3) is 0.286. The van der Waals surface area contributed by atoms with Crippen molar-refractivity contribution in [2.24, 2.45) is 0 Å². The Labute approximate surface area is 120 Å². The maximum absolute atomic E-state index is 13.8. The number of hydrogen-bond acceptors (Lipinski definition) is 5. The van der Waals surface area contributed by atoms with Crippen LogP contribution in [0.3, 0.4) is 0 Å². The molecule has 0 radical (unpaired) electrons. The Morgan fingerprint density at radius 1 is 1.43 bits per heavy atom. The van der Waals surface area contributed by atoms with E-state index in [1.807, 2.05) is 0 Å². The first kappa shape index (κ1) is 15.0. The zero-order valence-corrected chi connectivity index (χ0v) is 11.6. The molecule has 1 aliphatic rings. The van der Waals surface area contributed by atoms with E-state index >= 15 is 0 Å². The van der Waals surface area contributed by atoms with Crippen LogP contribution in [0.1, 0.15) is 10.4 Å². The maximum atomic E-state index is 13.8. The summed E-state index contributed by atoms with van der Waals surface area (Å²) < 4.78 is 23.7. The Morgan fingerprint density at radius 2 is 2.19 bits per heavy atom. The molecule has 1 atom stereocenters. The van der Waals surface area contributed by atoms with Gasteiger partial charge in [0.25, 0.3) is 5.91 Å².